The molecule has 0 aliphatic heterocycles. The van der Waals surface area contributed by atoms with Gasteiger partial charge in [-0.25, -0.2) is 4.98 Å². The van der Waals surface area contributed by atoms with Crippen molar-refractivity contribution in [2.75, 3.05) is 46.2 Å². The molecule has 0 aliphatic rings. The zero-order valence-corrected chi connectivity index (χ0v) is 12.3. The van der Waals surface area contributed by atoms with Crippen LogP contribution in [0.3, 0.4) is 0 Å². The molecule has 1 atom stereocenters. The molecule has 1 heterocycles. The van der Waals surface area contributed by atoms with Crippen molar-refractivity contribution >= 4 is 16.5 Å². The molecule has 0 saturated carbocycles. The molecule has 0 aliphatic carbocycles. The molecule has 1 N–H and O–H groups in total. The third kappa shape index (κ3) is 4.61. The zero-order chi connectivity index (χ0) is 12.8. The number of hydrogen-bond donors (Lipinski definition) is 1. The van der Waals surface area contributed by atoms with Gasteiger partial charge in [-0.05, 0) is 41.0 Å². The zero-order valence-electron chi connectivity index (χ0n) is 11.5. The smallest absolute Gasteiger partial charge is 0.185 e. The summed E-state index contributed by atoms with van der Waals surface area (Å²) in [4.78, 5) is 10.2. The summed E-state index contributed by atoms with van der Waals surface area (Å²) in [5, 5.41) is 4.35. The van der Waals surface area contributed by atoms with Crippen LogP contribution >= 0.6 is 11.3 Å². The fraction of sp³-hybridized carbons (Fsp3) is 0.750. The monoisotopic (exact) mass is 256 g/mol. The van der Waals surface area contributed by atoms with Crippen molar-refractivity contribution in [3.8, 4) is 0 Å². The fourth-order valence-corrected chi connectivity index (χ4v) is 2.48. The molecule has 1 aromatic heterocycles. The van der Waals surface area contributed by atoms with Gasteiger partial charge in [0, 0.05) is 30.7 Å². The summed E-state index contributed by atoms with van der Waals surface area (Å²) in [6, 6.07) is 0.386. The second kappa shape index (κ2) is 6.93. The first-order valence-corrected chi connectivity index (χ1v) is 6.85. The molecule has 0 spiro atoms. The summed E-state index contributed by atoms with van der Waals surface area (Å²) in [5.74, 6) is 0. The Kier molecular flexibility index (Phi) is 5.88. The van der Waals surface area contributed by atoms with Crippen LogP contribution in [0.1, 0.15) is 24.3 Å². The van der Waals surface area contributed by atoms with E-state index in [1.54, 1.807) is 11.3 Å². The Hall–Kier alpha value is -0.650. The second-order valence-corrected chi connectivity index (χ2v) is 5.67. The molecule has 5 heteroatoms. The van der Waals surface area contributed by atoms with Gasteiger partial charge in [0.05, 0.1) is 0 Å². The third-order valence-electron chi connectivity index (χ3n) is 2.80. The summed E-state index contributed by atoms with van der Waals surface area (Å²) < 4.78 is 0. The summed E-state index contributed by atoms with van der Waals surface area (Å²) in [7, 11) is 8.30. The van der Waals surface area contributed by atoms with Gasteiger partial charge >= 0.3 is 0 Å². The number of aromatic nitrogens is 1. The van der Waals surface area contributed by atoms with Crippen molar-refractivity contribution in [1.82, 2.24) is 15.2 Å². The van der Waals surface area contributed by atoms with Gasteiger partial charge in [0.25, 0.3) is 0 Å². The van der Waals surface area contributed by atoms with Gasteiger partial charge in [0.1, 0.15) is 0 Å². The lowest BCUT2D eigenvalue weighted by Gasteiger charge is -2.17. The van der Waals surface area contributed by atoms with Gasteiger partial charge in [-0.1, -0.05) is 0 Å². The van der Waals surface area contributed by atoms with Crippen LogP contribution in [0.15, 0.2) is 6.20 Å². The largest absolute Gasteiger partial charge is 0.351 e. The van der Waals surface area contributed by atoms with Crippen molar-refractivity contribution in [3.63, 3.8) is 0 Å². The van der Waals surface area contributed by atoms with Gasteiger partial charge in [-0.2, -0.15) is 0 Å². The van der Waals surface area contributed by atoms with Crippen molar-refractivity contribution in [2.24, 2.45) is 0 Å². The van der Waals surface area contributed by atoms with Crippen LogP contribution in [0.2, 0.25) is 0 Å². The van der Waals surface area contributed by atoms with Crippen molar-refractivity contribution in [3.05, 3.63) is 11.1 Å². The molecule has 0 fully saturated rings. The lowest BCUT2D eigenvalue weighted by atomic mass is 10.3. The van der Waals surface area contributed by atoms with Crippen LogP contribution in [0.4, 0.5) is 5.13 Å². The molecule has 0 radical (unpaired) electrons. The molecular weight excluding hydrogens is 232 g/mol. The van der Waals surface area contributed by atoms with Gasteiger partial charge in [-0.15, -0.1) is 11.3 Å². The standard InChI is InChI=1S/C12H24N4S/c1-10(13-2)11-9-14-12(17-11)16(5)8-6-7-15(3)4/h9-10,13H,6-8H2,1-5H3. The van der Waals surface area contributed by atoms with E-state index < -0.39 is 0 Å². The van der Waals surface area contributed by atoms with Crippen LogP contribution in [-0.4, -0.2) is 51.2 Å². The van der Waals surface area contributed by atoms with E-state index in [2.05, 4.69) is 48.2 Å². The Labute approximate surface area is 109 Å². The summed E-state index contributed by atoms with van der Waals surface area (Å²) in [6.07, 6.45) is 3.14. The summed E-state index contributed by atoms with van der Waals surface area (Å²) in [6.45, 7) is 4.33. The highest BCUT2D eigenvalue weighted by molar-refractivity contribution is 7.15. The minimum absolute atomic E-state index is 0.386. The quantitative estimate of drug-likeness (QED) is 0.806. The molecule has 0 saturated heterocycles. The van der Waals surface area contributed by atoms with E-state index in [4.69, 9.17) is 0 Å². The third-order valence-corrected chi connectivity index (χ3v) is 4.09. The van der Waals surface area contributed by atoms with E-state index in [0.29, 0.717) is 6.04 Å². The molecule has 0 aromatic carbocycles. The highest BCUT2D eigenvalue weighted by Crippen LogP contribution is 2.26. The summed E-state index contributed by atoms with van der Waals surface area (Å²) >= 11 is 1.77. The van der Waals surface area contributed by atoms with Crippen LogP contribution in [0, 0.1) is 0 Å². The lowest BCUT2D eigenvalue weighted by Crippen LogP contribution is -2.23. The topological polar surface area (TPSA) is 31.4 Å². The van der Waals surface area contributed by atoms with Crippen LogP contribution < -0.4 is 10.2 Å². The van der Waals surface area contributed by atoms with Gasteiger partial charge < -0.3 is 15.1 Å². The second-order valence-electron chi connectivity index (χ2n) is 4.63. The van der Waals surface area contributed by atoms with Crippen molar-refractivity contribution < 1.29 is 0 Å². The highest BCUT2D eigenvalue weighted by atomic mass is 32.1. The maximum Gasteiger partial charge on any atom is 0.185 e. The Morgan fingerprint density at radius 2 is 2.06 bits per heavy atom. The first-order valence-electron chi connectivity index (χ1n) is 6.03. The van der Waals surface area contributed by atoms with Crippen molar-refractivity contribution in [2.45, 2.75) is 19.4 Å². The van der Waals surface area contributed by atoms with Crippen LogP contribution in [-0.2, 0) is 0 Å². The molecule has 0 amide bonds. The molecule has 17 heavy (non-hydrogen) atoms. The first-order chi connectivity index (χ1) is 8.04. The molecule has 0 bridgehead atoms. The summed E-state index contributed by atoms with van der Waals surface area (Å²) in [5.41, 5.74) is 0. The predicted molar refractivity (Wildman–Crippen MR) is 76.0 cm³/mol. The van der Waals surface area contributed by atoms with Crippen LogP contribution in [0.25, 0.3) is 0 Å². The Morgan fingerprint density at radius 1 is 1.35 bits per heavy atom. The number of thiazole rings is 1. The van der Waals surface area contributed by atoms with E-state index in [1.165, 1.54) is 11.3 Å². The van der Waals surface area contributed by atoms with E-state index >= 15 is 0 Å². The minimum Gasteiger partial charge on any atom is -0.351 e. The Bertz CT molecular complexity index is 324. The molecule has 1 rings (SSSR count). The van der Waals surface area contributed by atoms with E-state index in [-0.39, 0.29) is 0 Å². The fourth-order valence-electron chi connectivity index (χ4n) is 1.52. The SMILES string of the molecule is CNC(C)c1cnc(N(C)CCCN(C)C)s1. The van der Waals surface area contributed by atoms with E-state index in [1.807, 2.05) is 13.2 Å². The Balaban J connectivity index is 2.46. The number of rotatable bonds is 7. The number of hydrogen-bond acceptors (Lipinski definition) is 5. The van der Waals surface area contributed by atoms with Crippen LogP contribution in [0.5, 0.6) is 0 Å². The lowest BCUT2D eigenvalue weighted by molar-refractivity contribution is 0.401. The highest BCUT2D eigenvalue weighted by Gasteiger charge is 2.10. The first kappa shape index (κ1) is 14.4. The minimum atomic E-state index is 0.386. The molecule has 1 aromatic rings. The maximum atomic E-state index is 4.47. The molecule has 1 unspecified atom stereocenters. The number of anilines is 1. The average Bonchev–Trinajstić information content (AvgIpc) is 2.76. The average molecular weight is 256 g/mol. The predicted octanol–water partition coefficient (Wildman–Crippen LogP) is 1.81. The number of nitrogens with one attached hydrogen (secondary N) is 1. The van der Waals surface area contributed by atoms with Gasteiger partial charge in [-0.3, -0.25) is 0 Å². The van der Waals surface area contributed by atoms with Crippen molar-refractivity contribution in [1.29, 1.82) is 0 Å². The normalized spacial score (nSPS) is 13.1. The molecule has 98 valence electrons. The number of nitrogens with zero attached hydrogens (tertiary/aromatic N) is 3. The Morgan fingerprint density at radius 3 is 2.65 bits per heavy atom. The van der Waals surface area contributed by atoms with E-state index in [0.717, 1.165) is 18.2 Å². The molecule has 4 nitrogen and oxygen atoms in total. The van der Waals surface area contributed by atoms with Gasteiger partial charge in [0.15, 0.2) is 5.13 Å². The van der Waals surface area contributed by atoms with E-state index in [9.17, 15) is 0 Å². The molecular formula is C12H24N4S. The van der Waals surface area contributed by atoms with Gasteiger partial charge in [0.2, 0.25) is 0 Å². The maximum absolute atomic E-state index is 4.47.